The van der Waals surface area contributed by atoms with Crippen LogP contribution in [-0.4, -0.2) is 66.0 Å². The summed E-state index contributed by atoms with van der Waals surface area (Å²) in [5.41, 5.74) is 0.344. The Kier molecular flexibility index (Phi) is 4.42. The van der Waals surface area contributed by atoms with Gasteiger partial charge >= 0.3 is 0 Å². The Hall–Kier alpha value is -2.41. The highest BCUT2D eigenvalue weighted by Crippen LogP contribution is 2.43. The van der Waals surface area contributed by atoms with Crippen LogP contribution in [0, 0.1) is 0 Å². The first kappa shape index (κ1) is 18.0. The van der Waals surface area contributed by atoms with Crippen molar-refractivity contribution in [2.75, 3.05) is 31.6 Å². The molecule has 2 saturated heterocycles. The second-order valence-corrected chi connectivity index (χ2v) is 7.67. The third-order valence-corrected chi connectivity index (χ3v) is 6.17. The number of carbonyl (C=O) groups is 3. The van der Waals surface area contributed by atoms with Gasteiger partial charge in [-0.3, -0.25) is 19.3 Å². The Morgan fingerprint density at radius 2 is 1.93 bits per heavy atom. The van der Waals surface area contributed by atoms with E-state index in [-0.39, 0.29) is 30.4 Å². The van der Waals surface area contributed by atoms with E-state index in [9.17, 15) is 14.4 Å². The minimum absolute atomic E-state index is 0.00388. The van der Waals surface area contributed by atoms with E-state index >= 15 is 0 Å². The van der Waals surface area contributed by atoms with Crippen molar-refractivity contribution in [3.05, 3.63) is 29.8 Å². The summed E-state index contributed by atoms with van der Waals surface area (Å²) in [6.07, 6.45) is 2.72. The molecule has 2 fully saturated rings. The molecule has 3 amide bonds. The lowest BCUT2D eigenvalue weighted by molar-refractivity contribution is -0.135. The van der Waals surface area contributed by atoms with Gasteiger partial charge in [0.15, 0.2) is 0 Å². The number of fused-ring (bicyclic) bond motifs is 3. The second kappa shape index (κ2) is 6.64. The highest BCUT2D eigenvalue weighted by atomic mass is 16.5. The minimum atomic E-state index is -0.789. The molecule has 27 heavy (non-hydrogen) atoms. The predicted molar refractivity (Wildman–Crippen MR) is 99.2 cm³/mol. The van der Waals surface area contributed by atoms with Crippen molar-refractivity contribution >= 4 is 23.4 Å². The average molecular weight is 371 g/mol. The summed E-state index contributed by atoms with van der Waals surface area (Å²) in [6.45, 7) is 3.14. The molecule has 1 unspecified atom stereocenters. The van der Waals surface area contributed by atoms with Crippen molar-refractivity contribution in [1.82, 2.24) is 9.80 Å². The van der Waals surface area contributed by atoms with Gasteiger partial charge in [-0.05, 0) is 38.3 Å². The van der Waals surface area contributed by atoms with Crippen LogP contribution in [0.5, 0.6) is 0 Å². The number of amides is 3. The van der Waals surface area contributed by atoms with Crippen LogP contribution in [0.1, 0.15) is 43.0 Å². The van der Waals surface area contributed by atoms with Gasteiger partial charge in [0.25, 0.3) is 5.91 Å². The molecule has 4 rings (SSSR count). The molecule has 0 spiro atoms. The number of methoxy groups -OCH3 is 1. The standard InChI is InChI=1S/C20H25N3O4/c1-20-10-7-17(24)23(20)16-6-4-3-5-15(16)19(26)22(20)13-18(25)21-11-8-14(27-2)9-12-21/h3-6,14H,7-13H2,1-2H3. The maximum Gasteiger partial charge on any atom is 0.258 e. The summed E-state index contributed by atoms with van der Waals surface area (Å²) in [7, 11) is 1.69. The van der Waals surface area contributed by atoms with Crippen molar-refractivity contribution in [2.45, 2.75) is 44.4 Å². The summed E-state index contributed by atoms with van der Waals surface area (Å²) in [6, 6.07) is 7.15. The fourth-order valence-electron chi connectivity index (χ4n) is 4.52. The molecule has 0 N–H and O–H groups in total. The van der Waals surface area contributed by atoms with Crippen molar-refractivity contribution in [1.29, 1.82) is 0 Å². The Balaban J connectivity index is 1.60. The van der Waals surface area contributed by atoms with E-state index in [0.29, 0.717) is 37.2 Å². The van der Waals surface area contributed by atoms with Crippen LogP contribution in [0.2, 0.25) is 0 Å². The topological polar surface area (TPSA) is 70.2 Å². The smallest absolute Gasteiger partial charge is 0.258 e. The molecule has 144 valence electrons. The Labute approximate surface area is 158 Å². The van der Waals surface area contributed by atoms with Crippen molar-refractivity contribution in [2.24, 2.45) is 0 Å². The highest BCUT2D eigenvalue weighted by Gasteiger charge is 2.53. The maximum atomic E-state index is 13.2. The van der Waals surface area contributed by atoms with Gasteiger partial charge in [0.1, 0.15) is 12.2 Å². The minimum Gasteiger partial charge on any atom is -0.381 e. The van der Waals surface area contributed by atoms with E-state index in [4.69, 9.17) is 4.74 Å². The number of hydrogen-bond donors (Lipinski definition) is 0. The summed E-state index contributed by atoms with van der Waals surface area (Å²) >= 11 is 0. The number of rotatable bonds is 3. The number of ether oxygens (including phenoxy) is 1. The van der Waals surface area contributed by atoms with Crippen LogP contribution < -0.4 is 4.90 Å². The monoisotopic (exact) mass is 371 g/mol. The summed E-state index contributed by atoms with van der Waals surface area (Å²) in [5, 5.41) is 0. The van der Waals surface area contributed by atoms with Crippen molar-refractivity contribution < 1.29 is 19.1 Å². The first-order valence-electron chi connectivity index (χ1n) is 9.50. The molecule has 0 aromatic heterocycles. The molecule has 1 aromatic rings. The number of likely N-dealkylation sites (tertiary alicyclic amines) is 1. The van der Waals surface area contributed by atoms with Gasteiger partial charge in [0.05, 0.1) is 17.4 Å². The molecule has 1 aromatic carbocycles. The summed E-state index contributed by atoms with van der Waals surface area (Å²) < 4.78 is 5.36. The Bertz CT molecular complexity index is 787. The van der Waals surface area contributed by atoms with E-state index in [2.05, 4.69) is 0 Å². The number of carbonyl (C=O) groups excluding carboxylic acids is 3. The van der Waals surface area contributed by atoms with E-state index in [1.54, 1.807) is 33.9 Å². The third kappa shape index (κ3) is 2.81. The average Bonchev–Trinajstić information content (AvgIpc) is 3.00. The van der Waals surface area contributed by atoms with Crippen LogP contribution in [0.3, 0.4) is 0 Å². The van der Waals surface area contributed by atoms with Gasteiger partial charge < -0.3 is 14.5 Å². The first-order valence-corrected chi connectivity index (χ1v) is 9.50. The first-order chi connectivity index (χ1) is 13.0. The SMILES string of the molecule is COC1CCN(C(=O)CN2C(=O)c3ccccc3N3C(=O)CCC23C)CC1. The molecule has 0 aliphatic carbocycles. The molecule has 0 radical (unpaired) electrons. The maximum absolute atomic E-state index is 13.2. The normalized spacial score (nSPS) is 25.6. The Morgan fingerprint density at radius 3 is 2.63 bits per heavy atom. The van der Waals surface area contributed by atoms with Crippen LogP contribution in [0.4, 0.5) is 5.69 Å². The molecular formula is C20H25N3O4. The fourth-order valence-corrected chi connectivity index (χ4v) is 4.52. The number of hydrogen-bond acceptors (Lipinski definition) is 4. The van der Waals surface area contributed by atoms with Gasteiger partial charge in [-0.1, -0.05) is 12.1 Å². The lowest BCUT2D eigenvalue weighted by atomic mass is 9.98. The molecule has 3 aliphatic heterocycles. The van der Waals surface area contributed by atoms with Crippen LogP contribution in [-0.2, 0) is 14.3 Å². The van der Waals surface area contributed by atoms with E-state index < -0.39 is 5.66 Å². The van der Waals surface area contributed by atoms with E-state index in [0.717, 1.165) is 12.8 Å². The molecule has 0 bridgehead atoms. The molecule has 3 aliphatic rings. The zero-order valence-electron chi connectivity index (χ0n) is 15.8. The highest BCUT2D eigenvalue weighted by molar-refractivity contribution is 6.11. The fraction of sp³-hybridized carbons (Fsp3) is 0.550. The van der Waals surface area contributed by atoms with Gasteiger partial charge in [-0.2, -0.15) is 0 Å². The molecule has 0 saturated carbocycles. The molecule has 7 nitrogen and oxygen atoms in total. The predicted octanol–water partition coefficient (Wildman–Crippen LogP) is 1.62. The number of piperidine rings is 1. The van der Waals surface area contributed by atoms with Crippen LogP contribution in [0.25, 0.3) is 0 Å². The lowest BCUT2D eigenvalue weighted by Gasteiger charge is -2.48. The van der Waals surface area contributed by atoms with E-state index in [1.807, 2.05) is 19.1 Å². The number of nitrogens with zero attached hydrogens (tertiary/aromatic N) is 3. The van der Waals surface area contributed by atoms with Gasteiger partial charge in [0.2, 0.25) is 11.8 Å². The summed E-state index contributed by atoms with van der Waals surface area (Å²) in [5.74, 6) is -0.257. The largest absolute Gasteiger partial charge is 0.381 e. The molecular weight excluding hydrogens is 346 g/mol. The summed E-state index contributed by atoms with van der Waals surface area (Å²) in [4.78, 5) is 43.8. The van der Waals surface area contributed by atoms with Crippen LogP contribution in [0.15, 0.2) is 24.3 Å². The number of anilines is 1. The molecule has 7 heteroatoms. The van der Waals surface area contributed by atoms with E-state index in [1.165, 1.54) is 0 Å². The Morgan fingerprint density at radius 1 is 1.22 bits per heavy atom. The second-order valence-electron chi connectivity index (χ2n) is 7.67. The zero-order chi connectivity index (χ0) is 19.2. The molecule has 3 heterocycles. The quantitative estimate of drug-likeness (QED) is 0.810. The lowest BCUT2D eigenvalue weighted by Crippen LogP contribution is -2.64. The van der Waals surface area contributed by atoms with Crippen LogP contribution >= 0.6 is 0 Å². The molecule has 1 atom stereocenters. The number of para-hydroxylation sites is 1. The zero-order valence-corrected chi connectivity index (χ0v) is 15.8. The van der Waals surface area contributed by atoms with Gasteiger partial charge in [-0.25, -0.2) is 0 Å². The third-order valence-electron chi connectivity index (χ3n) is 6.17. The van der Waals surface area contributed by atoms with Crippen molar-refractivity contribution in [3.63, 3.8) is 0 Å². The number of benzene rings is 1. The van der Waals surface area contributed by atoms with Crippen molar-refractivity contribution in [3.8, 4) is 0 Å². The van der Waals surface area contributed by atoms with Gasteiger partial charge in [-0.15, -0.1) is 0 Å². The van der Waals surface area contributed by atoms with Gasteiger partial charge in [0, 0.05) is 26.6 Å².